The van der Waals surface area contributed by atoms with Crippen LogP contribution < -0.4 is 0 Å². The van der Waals surface area contributed by atoms with Crippen molar-refractivity contribution in [1.29, 1.82) is 0 Å². The van der Waals surface area contributed by atoms with Crippen molar-refractivity contribution in [3.63, 3.8) is 0 Å². The summed E-state index contributed by atoms with van der Waals surface area (Å²) in [5.41, 5.74) is 0. The fourth-order valence-electron chi connectivity index (χ4n) is 1.15. The van der Waals surface area contributed by atoms with Gasteiger partial charge in [0.1, 0.15) is 0 Å². The predicted molar refractivity (Wildman–Crippen MR) is 38.8 cm³/mol. The Kier molecular flexibility index (Phi) is 3.29. The second kappa shape index (κ2) is 3.78. The minimum absolute atomic E-state index is 0.320. The maximum atomic E-state index is 9.26. The summed E-state index contributed by atoms with van der Waals surface area (Å²) in [6.07, 6.45) is 3.56. The SMILES string of the molecule is [CH3][SnH]([OH])[CH]1CCCCO1. The molecule has 1 rings (SSSR count). The molecular formula is C6H14O2Sn. The molecule has 2 atom stereocenters. The van der Waals surface area contributed by atoms with E-state index in [1.807, 2.05) is 4.94 Å². The van der Waals surface area contributed by atoms with Crippen molar-refractivity contribution >= 4 is 20.2 Å². The van der Waals surface area contributed by atoms with Crippen LogP contribution in [0, 0.1) is 0 Å². The Morgan fingerprint density at radius 3 is 2.67 bits per heavy atom. The quantitative estimate of drug-likeness (QED) is 0.670. The molecule has 0 aromatic rings. The van der Waals surface area contributed by atoms with Gasteiger partial charge in [-0.25, -0.2) is 0 Å². The van der Waals surface area contributed by atoms with E-state index in [1.54, 1.807) is 0 Å². The second-order valence-electron chi connectivity index (χ2n) is 2.65. The van der Waals surface area contributed by atoms with Crippen molar-refractivity contribution in [2.24, 2.45) is 0 Å². The first-order chi connectivity index (χ1) is 4.30. The van der Waals surface area contributed by atoms with Crippen molar-refractivity contribution in [3.8, 4) is 0 Å². The van der Waals surface area contributed by atoms with E-state index in [1.165, 1.54) is 12.8 Å². The normalized spacial score (nSPS) is 32.0. The van der Waals surface area contributed by atoms with Crippen molar-refractivity contribution in [2.75, 3.05) is 6.61 Å². The van der Waals surface area contributed by atoms with Gasteiger partial charge in [-0.15, -0.1) is 0 Å². The Morgan fingerprint density at radius 1 is 1.56 bits per heavy atom. The summed E-state index contributed by atoms with van der Waals surface area (Å²) < 4.78 is 15.0. The van der Waals surface area contributed by atoms with Gasteiger partial charge < -0.3 is 0 Å². The molecule has 1 aliphatic rings. The Balaban J connectivity index is 2.23. The molecule has 2 nitrogen and oxygen atoms in total. The zero-order valence-electron chi connectivity index (χ0n) is 5.84. The molecule has 1 fully saturated rings. The summed E-state index contributed by atoms with van der Waals surface area (Å²) in [6, 6.07) is 0. The molecule has 1 saturated heterocycles. The van der Waals surface area contributed by atoms with E-state index in [0.717, 1.165) is 13.0 Å². The van der Waals surface area contributed by atoms with Crippen LogP contribution in [0.25, 0.3) is 0 Å². The van der Waals surface area contributed by atoms with Gasteiger partial charge >= 0.3 is 63.3 Å². The van der Waals surface area contributed by atoms with Crippen LogP contribution in [0.5, 0.6) is 0 Å². The molecule has 3 heteroatoms. The van der Waals surface area contributed by atoms with Crippen LogP contribution in [0.4, 0.5) is 0 Å². The topological polar surface area (TPSA) is 29.5 Å². The van der Waals surface area contributed by atoms with Gasteiger partial charge in [-0.05, 0) is 0 Å². The van der Waals surface area contributed by atoms with Crippen LogP contribution in [0.15, 0.2) is 0 Å². The summed E-state index contributed by atoms with van der Waals surface area (Å²) in [5.74, 6) is 0. The third-order valence-corrected chi connectivity index (χ3v) is 6.32. The zero-order chi connectivity index (χ0) is 6.69. The first-order valence-corrected chi connectivity index (χ1v) is 10.3. The van der Waals surface area contributed by atoms with Gasteiger partial charge in [0.2, 0.25) is 0 Å². The van der Waals surface area contributed by atoms with Crippen molar-refractivity contribution < 1.29 is 8.18 Å². The molecule has 0 aliphatic carbocycles. The minimum atomic E-state index is -2.08. The third-order valence-electron chi connectivity index (χ3n) is 1.75. The fourth-order valence-corrected chi connectivity index (χ4v) is 4.38. The predicted octanol–water partition coefficient (Wildman–Crippen LogP) is 0.441. The van der Waals surface area contributed by atoms with Crippen LogP contribution in [-0.2, 0) is 4.74 Å². The van der Waals surface area contributed by atoms with E-state index in [0.29, 0.717) is 4.12 Å². The van der Waals surface area contributed by atoms with E-state index in [9.17, 15) is 3.44 Å². The number of ether oxygens (including phenoxy) is 1. The Hall–Kier alpha value is 0.719. The summed E-state index contributed by atoms with van der Waals surface area (Å²) in [4.78, 5) is 2.00. The molecule has 54 valence electrons. The summed E-state index contributed by atoms with van der Waals surface area (Å²) in [5, 5.41) is 0. The van der Waals surface area contributed by atoms with Crippen molar-refractivity contribution in [2.45, 2.75) is 28.3 Å². The van der Waals surface area contributed by atoms with Gasteiger partial charge in [0.25, 0.3) is 0 Å². The average molecular weight is 237 g/mol. The summed E-state index contributed by atoms with van der Waals surface area (Å²) in [7, 11) is 0. The van der Waals surface area contributed by atoms with Gasteiger partial charge in [-0.2, -0.15) is 0 Å². The van der Waals surface area contributed by atoms with Crippen molar-refractivity contribution in [3.05, 3.63) is 0 Å². The molecule has 1 heterocycles. The Morgan fingerprint density at radius 2 is 2.33 bits per heavy atom. The monoisotopic (exact) mass is 238 g/mol. The van der Waals surface area contributed by atoms with Crippen LogP contribution in [-0.4, -0.2) is 34.3 Å². The summed E-state index contributed by atoms with van der Waals surface area (Å²) in [6.45, 7) is 0.881. The molecular weight excluding hydrogens is 223 g/mol. The van der Waals surface area contributed by atoms with Gasteiger partial charge in [0.05, 0.1) is 0 Å². The van der Waals surface area contributed by atoms with E-state index >= 15 is 0 Å². The first-order valence-electron chi connectivity index (χ1n) is 3.60. The maximum absolute atomic E-state index is 9.26. The number of rotatable bonds is 1. The van der Waals surface area contributed by atoms with Crippen LogP contribution in [0.1, 0.15) is 19.3 Å². The Labute approximate surface area is 63.5 Å². The molecule has 0 amide bonds. The van der Waals surface area contributed by atoms with E-state index < -0.39 is 20.2 Å². The molecule has 9 heavy (non-hydrogen) atoms. The van der Waals surface area contributed by atoms with Gasteiger partial charge in [0.15, 0.2) is 0 Å². The number of hydrogen-bond donors (Lipinski definition) is 1. The van der Waals surface area contributed by atoms with Gasteiger partial charge in [-0.1, -0.05) is 0 Å². The molecule has 0 saturated carbocycles. The fraction of sp³-hybridized carbons (Fsp3) is 1.00. The third kappa shape index (κ3) is 2.43. The molecule has 1 N–H and O–H groups in total. The van der Waals surface area contributed by atoms with Crippen LogP contribution in [0.2, 0.25) is 4.94 Å². The number of hydrogen-bond acceptors (Lipinski definition) is 2. The standard InChI is InChI=1S/C5H9O.CH3.H2O.Sn.H/c1-2-4-6-5-3-1;;;;/h4H,1-3,5H2;1H3;1H2;;/q;;;+1;/p-1. The second-order valence-corrected chi connectivity index (χ2v) is 9.00. The first kappa shape index (κ1) is 7.82. The van der Waals surface area contributed by atoms with Crippen LogP contribution >= 0.6 is 0 Å². The molecule has 0 spiro atoms. The molecule has 0 bridgehead atoms. The van der Waals surface area contributed by atoms with Gasteiger partial charge in [-0.3, -0.25) is 0 Å². The zero-order valence-corrected chi connectivity index (χ0v) is 9.13. The molecule has 1 aliphatic heterocycles. The molecule has 0 aromatic heterocycles. The van der Waals surface area contributed by atoms with Crippen molar-refractivity contribution in [1.82, 2.24) is 0 Å². The molecule has 0 aromatic carbocycles. The van der Waals surface area contributed by atoms with Gasteiger partial charge in [0, 0.05) is 0 Å². The van der Waals surface area contributed by atoms with E-state index in [2.05, 4.69) is 0 Å². The Bertz CT molecular complexity index is 79.1. The molecule has 0 radical (unpaired) electrons. The summed E-state index contributed by atoms with van der Waals surface area (Å²) >= 11 is -2.08. The van der Waals surface area contributed by atoms with Crippen LogP contribution in [0.3, 0.4) is 0 Å². The van der Waals surface area contributed by atoms with E-state index in [4.69, 9.17) is 4.74 Å². The molecule has 2 unspecified atom stereocenters. The average Bonchev–Trinajstić information content (AvgIpc) is 1.90. The van der Waals surface area contributed by atoms with E-state index in [-0.39, 0.29) is 0 Å².